The van der Waals surface area contributed by atoms with Gasteiger partial charge in [0, 0.05) is 24.7 Å². The van der Waals surface area contributed by atoms with E-state index in [2.05, 4.69) is 29.6 Å². The van der Waals surface area contributed by atoms with Gasteiger partial charge < -0.3 is 14.7 Å². The third-order valence-electron chi connectivity index (χ3n) is 6.20. The Morgan fingerprint density at radius 2 is 1.60 bits per heavy atom. The van der Waals surface area contributed by atoms with E-state index in [0.717, 1.165) is 16.7 Å². The second kappa shape index (κ2) is 10.9. The number of rotatable bonds is 9. The first kappa shape index (κ1) is 24.0. The lowest BCUT2D eigenvalue weighted by atomic mass is 9.98. The van der Waals surface area contributed by atoms with E-state index in [1.54, 1.807) is 24.3 Å². The summed E-state index contributed by atoms with van der Waals surface area (Å²) >= 11 is 0. The van der Waals surface area contributed by atoms with E-state index in [1.165, 1.54) is 16.0 Å². The van der Waals surface area contributed by atoms with E-state index in [9.17, 15) is 14.4 Å². The molecule has 0 saturated carbocycles. The van der Waals surface area contributed by atoms with Crippen molar-refractivity contribution >= 4 is 23.7 Å². The average Bonchev–Trinajstić information content (AvgIpc) is 3.17. The predicted octanol–water partition coefficient (Wildman–Crippen LogP) is 4.91. The standard InChI is InChI=1S/C28H28N2O5/c1-2-30(15-14-27(32)33)26(31)17-19-8-7-9-20(16-19)29-28(34)35-18-25-23-12-5-3-10-21(23)22-11-4-6-13-24(22)25/h3-13,16,25H,2,14-15,17-18H2,1H3,(H,29,34)(H,32,33). The molecule has 4 rings (SSSR count). The number of fused-ring (bicyclic) bond motifs is 3. The second-order valence-electron chi connectivity index (χ2n) is 8.44. The summed E-state index contributed by atoms with van der Waals surface area (Å²) in [6.07, 6.45) is -0.539. The number of carboxylic acids is 1. The van der Waals surface area contributed by atoms with Crippen molar-refractivity contribution in [2.45, 2.75) is 25.7 Å². The molecule has 0 aliphatic heterocycles. The lowest BCUT2D eigenvalue weighted by Crippen LogP contribution is -2.34. The fraction of sp³-hybridized carbons (Fsp3) is 0.250. The summed E-state index contributed by atoms with van der Waals surface area (Å²) in [7, 11) is 0. The van der Waals surface area contributed by atoms with Crippen LogP contribution in [0.2, 0.25) is 0 Å². The molecule has 0 aromatic heterocycles. The smallest absolute Gasteiger partial charge is 0.411 e. The summed E-state index contributed by atoms with van der Waals surface area (Å²) in [5.41, 5.74) is 5.87. The van der Waals surface area contributed by atoms with Gasteiger partial charge in [-0.3, -0.25) is 14.9 Å². The molecule has 0 saturated heterocycles. The maximum absolute atomic E-state index is 12.6. The number of nitrogens with zero attached hydrogens (tertiary/aromatic N) is 1. The van der Waals surface area contributed by atoms with Crippen LogP contribution in [0.3, 0.4) is 0 Å². The minimum Gasteiger partial charge on any atom is -0.481 e. The molecule has 0 atom stereocenters. The number of carbonyl (C=O) groups excluding carboxylic acids is 2. The zero-order valence-corrected chi connectivity index (χ0v) is 19.6. The Hall–Kier alpha value is -4.13. The van der Waals surface area contributed by atoms with Gasteiger partial charge in [-0.2, -0.15) is 0 Å². The maximum atomic E-state index is 12.6. The van der Waals surface area contributed by atoms with Crippen molar-refractivity contribution in [1.29, 1.82) is 0 Å². The molecule has 0 radical (unpaired) electrons. The number of hydrogen-bond donors (Lipinski definition) is 2. The molecule has 0 spiro atoms. The zero-order valence-electron chi connectivity index (χ0n) is 19.6. The number of nitrogens with one attached hydrogen (secondary N) is 1. The van der Waals surface area contributed by atoms with Crippen LogP contribution in [-0.2, 0) is 20.7 Å². The minimum atomic E-state index is -0.939. The zero-order chi connectivity index (χ0) is 24.8. The molecule has 35 heavy (non-hydrogen) atoms. The molecule has 2 amide bonds. The first-order valence-electron chi connectivity index (χ1n) is 11.7. The van der Waals surface area contributed by atoms with Crippen LogP contribution in [0.4, 0.5) is 10.5 Å². The van der Waals surface area contributed by atoms with Crippen molar-refractivity contribution in [2.24, 2.45) is 0 Å². The number of likely N-dealkylation sites (N-methyl/N-ethyl adjacent to an activating group) is 1. The molecule has 7 nitrogen and oxygen atoms in total. The number of carbonyl (C=O) groups is 3. The third-order valence-corrected chi connectivity index (χ3v) is 6.20. The SMILES string of the molecule is CCN(CCC(=O)O)C(=O)Cc1cccc(NC(=O)OCC2c3ccccc3-c3ccccc32)c1. The van der Waals surface area contributed by atoms with E-state index in [0.29, 0.717) is 12.2 Å². The van der Waals surface area contributed by atoms with E-state index in [1.807, 2.05) is 31.2 Å². The Kier molecular flexibility index (Phi) is 7.45. The molecular weight excluding hydrogens is 444 g/mol. The Bertz CT molecular complexity index is 1190. The highest BCUT2D eigenvalue weighted by molar-refractivity contribution is 5.86. The fourth-order valence-electron chi connectivity index (χ4n) is 4.49. The number of amides is 2. The van der Waals surface area contributed by atoms with Crippen LogP contribution < -0.4 is 5.32 Å². The first-order chi connectivity index (χ1) is 17.0. The van der Waals surface area contributed by atoms with Crippen molar-refractivity contribution in [1.82, 2.24) is 4.90 Å². The third kappa shape index (κ3) is 5.69. The van der Waals surface area contributed by atoms with Crippen molar-refractivity contribution in [3.8, 4) is 11.1 Å². The Morgan fingerprint density at radius 1 is 0.943 bits per heavy atom. The van der Waals surface area contributed by atoms with Gasteiger partial charge in [-0.15, -0.1) is 0 Å². The summed E-state index contributed by atoms with van der Waals surface area (Å²) in [6, 6.07) is 23.3. The van der Waals surface area contributed by atoms with Crippen LogP contribution in [0.5, 0.6) is 0 Å². The van der Waals surface area contributed by atoms with Gasteiger partial charge in [-0.25, -0.2) is 4.79 Å². The number of ether oxygens (including phenoxy) is 1. The van der Waals surface area contributed by atoms with Crippen LogP contribution in [0.25, 0.3) is 11.1 Å². The number of carboxylic acid groups (broad SMARTS) is 1. The summed E-state index contributed by atoms with van der Waals surface area (Å²) in [6.45, 7) is 2.63. The molecule has 180 valence electrons. The molecule has 3 aromatic carbocycles. The van der Waals surface area contributed by atoms with Gasteiger partial charge in [0.25, 0.3) is 0 Å². The highest BCUT2D eigenvalue weighted by atomic mass is 16.5. The van der Waals surface area contributed by atoms with E-state index in [-0.39, 0.29) is 37.8 Å². The highest BCUT2D eigenvalue weighted by Gasteiger charge is 2.29. The van der Waals surface area contributed by atoms with Gasteiger partial charge in [-0.05, 0) is 46.9 Å². The van der Waals surface area contributed by atoms with Crippen molar-refractivity contribution in [3.05, 3.63) is 89.5 Å². The van der Waals surface area contributed by atoms with Gasteiger partial charge in [0.05, 0.1) is 12.8 Å². The van der Waals surface area contributed by atoms with Crippen molar-refractivity contribution in [2.75, 3.05) is 25.0 Å². The highest BCUT2D eigenvalue weighted by Crippen LogP contribution is 2.44. The van der Waals surface area contributed by atoms with Gasteiger partial charge in [0.1, 0.15) is 6.61 Å². The molecule has 2 N–H and O–H groups in total. The number of hydrogen-bond acceptors (Lipinski definition) is 4. The number of aliphatic carboxylic acids is 1. The quantitative estimate of drug-likeness (QED) is 0.461. The van der Waals surface area contributed by atoms with Crippen LogP contribution in [-0.4, -0.2) is 47.7 Å². The van der Waals surface area contributed by atoms with Gasteiger partial charge in [-0.1, -0.05) is 60.7 Å². The Labute approximate surface area is 204 Å². The Balaban J connectivity index is 1.36. The Morgan fingerprint density at radius 3 is 2.23 bits per heavy atom. The summed E-state index contributed by atoms with van der Waals surface area (Å²) < 4.78 is 5.59. The summed E-state index contributed by atoms with van der Waals surface area (Å²) in [5, 5.41) is 11.6. The van der Waals surface area contributed by atoms with Crippen LogP contribution in [0.1, 0.15) is 36.0 Å². The van der Waals surface area contributed by atoms with Crippen LogP contribution in [0.15, 0.2) is 72.8 Å². The van der Waals surface area contributed by atoms with Crippen molar-refractivity contribution in [3.63, 3.8) is 0 Å². The topological polar surface area (TPSA) is 95.9 Å². The molecule has 1 aliphatic carbocycles. The van der Waals surface area contributed by atoms with Gasteiger partial charge >= 0.3 is 12.1 Å². The van der Waals surface area contributed by atoms with E-state index in [4.69, 9.17) is 9.84 Å². The number of benzene rings is 3. The van der Waals surface area contributed by atoms with Crippen LogP contribution >= 0.6 is 0 Å². The lowest BCUT2D eigenvalue weighted by Gasteiger charge is -2.20. The largest absolute Gasteiger partial charge is 0.481 e. The van der Waals surface area contributed by atoms with E-state index >= 15 is 0 Å². The normalized spacial score (nSPS) is 11.9. The summed E-state index contributed by atoms with van der Waals surface area (Å²) in [5.74, 6) is -1.12. The van der Waals surface area contributed by atoms with E-state index < -0.39 is 12.1 Å². The predicted molar refractivity (Wildman–Crippen MR) is 133 cm³/mol. The molecule has 7 heteroatoms. The monoisotopic (exact) mass is 472 g/mol. The minimum absolute atomic E-state index is 0.0251. The molecule has 0 bridgehead atoms. The molecule has 3 aromatic rings. The van der Waals surface area contributed by atoms with Gasteiger partial charge in [0.15, 0.2) is 0 Å². The fourth-order valence-corrected chi connectivity index (χ4v) is 4.49. The van der Waals surface area contributed by atoms with Crippen LogP contribution in [0, 0.1) is 0 Å². The molecule has 0 unspecified atom stereocenters. The average molecular weight is 473 g/mol. The molecular formula is C28H28N2O5. The van der Waals surface area contributed by atoms with Gasteiger partial charge in [0.2, 0.25) is 5.91 Å². The first-order valence-corrected chi connectivity index (χ1v) is 11.7. The molecule has 0 heterocycles. The maximum Gasteiger partial charge on any atom is 0.411 e. The second-order valence-corrected chi connectivity index (χ2v) is 8.44. The molecule has 1 aliphatic rings. The number of anilines is 1. The van der Waals surface area contributed by atoms with Crippen molar-refractivity contribution < 1.29 is 24.2 Å². The summed E-state index contributed by atoms with van der Waals surface area (Å²) in [4.78, 5) is 37.5. The lowest BCUT2D eigenvalue weighted by molar-refractivity contribution is -0.138. The molecule has 0 fully saturated rings.